The van der Waals surface area contributed by atoms with E-state index >= 15 is 0 Å². The van der Waals surface area contributed by atoms with Gasteiger partial charge in [-0.2, -0.15) is 4.42 Å². The van der Waals surface area contributed by atoms with Gasteiger partial charge in [-0.3, -0.25) is 19.6 Å². The highest BCUT2D eigenvalue weighted by Crippen LogP contribution is 2.44. The summed E-state index contributed by atoms with van der Waals surface area (Å²) in [5, 5.41) is 0. The summed E-state index contributed by atoms with van der Waals surface area (Å²) < 4.78 is 18.4. The molecule has 0 bridgehead atoms. The van der Waals surface area contributed by atoms with E-state index in [-0.39, 0.29) is 17.5 Å². The minimum absolute atomic E-state index is 0. The third kappa shape index (κ3) is 6.01. The fourth-order valence-corrected chi connectivity index (χ4v) is 5.76. The Morgan fingerprint density at radius 1 is 1.19 bits per heavy atom. The minimum atomic E-state index is -0.438. The zero-order chi connectivity index (χ0) is 28.3. The molecule has 1 amide bonds. The van der Waals surface area contributed by atoms with Gasteiger partial charge in [0.2, 0.25) is 5.96 Å². The Morgan fingerprint density at radius 2 is 2.02 bits per heavy atom. The van der Waals surface area contributed by atoms with Gasteiger partial charge in [0.15, 0.2) is 11.5 Å². The van der Waals surface area contributed by atoms with Crippen molar-refractivity contribution in [2.75, 3.05) is 77.6 Å². The molecular weight excluding hydrogens is 564 g/mol. The van der Waals surface area contributed by atoms with Gasteiger partial charge >= 0.3 is 0 Å². The van der Waals surface area contributed by atoms with Crippen LogP contribution in [0.5, 0.6) is 11.5 Å². The van der Waals surface area contributed by atoms with E-state index in [0.29, 0.717) is 48.3 Å². The third-order valence-electron chi connectivity index (χ3n) is 7.71. The SMILES string of the molecule is COc1c(OCCCN2CCOCC2)ccc2c1N=C(N(Cl)C(=O)c1ccc(N3CC[C@H](N)C3)nc1)N1CCN=C21.O. The molecule has 6 rings (SSSR count). The van der Waals surface area contributed by atoms with Crippen molar-refractivity contribution >= 4 is 41.0 Å². The van der Waals surface area contributed by atoms with Gasteiger partial charge in [-0.25, -0.2) is 9.98 Å². The van der Waals surface area contributed by atoms with Gasteiger partial charge in [0.05, 0.1) is 39.0 Å². The summed E-state index contributed by atoms with van der Waals surface area (Å²) >= 11 is 6.69. The summed E-state index contributed by atoms with van der Waals surface area (Å²) in [4.78, 5) is 33.8. The molecule has 13 nitrogen and oxygen atoms in total. The van der Waals surface area contributed by atoms with Gasteiger partial charge in [0.1, 0.15) is 17.3 Å². The quantitative estimate of drug-likeness (QED) is 0.348. The largest absolute Gasteiger partial charge is 0.491 e. The summed E-state index contributed by atoms with van der Waals surface area (Å²) in [7, 11) is 1.58. The molecule has 4 aliphatic rings. The average Bonchev–Trinajstić information content (AvgIpc) is 3.68. The number of nitrogens with zero attached hydrogens (tertiary/aromatic N) is 7. The number of amides is 1. The van der Waals surface area contributed by atoms with Crippen molar-refractivity contribution in [3.63, 3.8) is 0 Å². The number of hydrogen-bond donors (Lipinski definition) is 1. The van der Waals surface area contributed by atoms with Gasteiger partial charge in [0.25, 0.3) is 5.91 Å². The molecular formula is C28H37ClN8O5. The van der Waals surface area contributed by atoms with Gasteiger partial charge in [-0.05, 0) is 37.1 Å². The first-order valence-electron chi connectivity index (χ1n) is 14.0. The third-order valence-corrected chi connectivity index (χ3v) is 8.02. The number of guanidine groups is 1. The highest BCUT2D eigenvalue weighted by molar-refractivity contribution is 6.35. The topological polar surface area (TPSA) is 153 Å². The standard InChI is InChI=1S/C28H35ClN8O4.H2O/c1-39-25-22(41-14-2-9-34-12-15-40-16-13-34)5-4-21-24(25)33-28(36-11-8-31-26(21)36)37(29)27(38)19-3-6-23(32-17-19)35-10-7-20(30)18-35;/h3-6,17,20H,2,7-16,18,30H2,1H3;1H2/t20-;/m0./s1. The Hall–Kier alpha value is -3.49. The maximum absolute atomic E-state index is 13.5. The van der Waals surface area contributed by atoms with E-state index in [1.165, 1.54) is 6.20 Å². The molecule has 0 saturated carbocycles. The lowest BCUT2D eigenvalue weighted by Crippen LogP contribution is -2.46. The zero-order valence-corrected chi connectivity index (χ0v) is 24.4. The molecule has 2 saturated heterocycles. The first kappa shape index (κ1) is 30.0. The Balaban J connectivity index is 0.00000353. The van der Waals surface area contributed by atoms with Crippen LogP contribution in [0.3, 0.4) is 0 Å². The molecule has 4 aliphatic heterocycles. The van der Waals surface area contributed by atoms with E-state index in [0.717, 1.165) is 74.6 Å². The number of carbonyl (C=O) groups excluding carboxylic acids is 1. The van der Waals surface area contributed by atoms with E-state index in [1.807, 2.05) is 23.1 Å². The number of rotatable bonds is 8. The molecule has 0 aliphatic carbocycles. The number of pyridine rings is 1. The van der Waals surface area contributed by atoms with E-state index in [1.54, 1.807) is 13.2 Å². The Morgan fingerprint density at radius 3 is 2.74 bits per heavy atom. The van der Waals surface area contributed by atoms with Crippen LogP contribution in [0.15, 0.2) is 40.4 Å². The maximum atomic E-state index is 13.5. The fourth-order valence-electron chi connectivity index (χ4n) is 5.53. The molecule has 5 heterocycles. The second kappa shape index (κ2) is 13.2. The number of carbonyl (C=O) groups is 1. The monoisotopic (exact) mass is 600 g/mol. The fraction of sp³-hybridized carbons (Fsp3) is 0.500. The first-order chi connectivity index (χ1) is 20.0. The van der Waals surface area contributed by atoms with Crippen LogP contribution in [-0.4, -0.2) is 121 Å². The van der Waals surface area contributed by atoms with Crippen LogP contribution in [0.2, 0.25) is 0 Å². The van der Waals surface area contributed by atoms with Crippen molar-refractivity contribution < 1.29 is 24.5 Å². The molecule has 226 valence electrons. The van der Waals surface area contributed by atoms with E-state index in [9.17, 15) is 4.79 Å². The molecule has 1 atom stereocenters. The van der Waals surface area contributed by atoms with Crippen LogP contribution in [0.1, 0.15) is 28.8 Å². The number of aliphatic imine (C=N–C) groups is 2. The number of ether oxygens (including phenoxy) is 3. The van der Waals surface area contributed by atoms with E-state index in [2.05, 4.69) is 19.8 Å². The highest BCUT2D eigenvalue weighted by Gasteiger charge is 2.37. The summed E-state index contributed by atoms with van der Waals surface area (Å²) in [6, 6.07) is 7.50. The Labute approximate surface area is 249 Å². The number of anilines is 1. The predicted molar refractivity (Wildman–Crippen MR) is 160 cm³/mol. The number of amidine groups is 1. The second-order valence-electron chi connectivity index (χ2n) is 10.4. The summed E-state index contributed by atoms with van der Waals surface area (Å²) in [5.41, 5.74) is 7.71. The number of hydrogen-bond acceptors (Lipinski definition) is 11. The van der Waals surface area contributed by atoms with Gasteiger partial charge < -0.3 is 30.3 Å². The zero-order valence-electron chi connectivity index (χ0n) is 23.7. The molecule has 0 radical (unpaired) electrons. The van der Waals surface area contributed by atoms with Crippen LogP contribution in [0, 0.1) is 0 Å². The van der Waals surface area contributed by atoms with Crippen molar-refractivity contribution in [1.82, 2.24) is 19.2 Å². The highest BCUT2D eigenvalue weighted by atomic mass is 35.5. The second-order valence-corrected chi connectivity index (χ2v) is 10.7. The Kier molecular flexibility index (Phi) is 9.43. The number of benzene rings is 1. The molecule has 2 fully saturated rings. The van der Waals surface area contributed by atoms with E-state index in [4.69, 9.17) is 36.7 Å². The Bertz CT molecular complexity index is 1330. The minimum Gasteiger partial charge on any atom is -0.491 e. The van der Waals surface area contributed by atoms with Crippen molar-refractivity contribution in [2.24, 2.45) is 15.7 Å². The summed E-state index contributed by atoms with van der Waals surface area (Å²) in [6.07, 6.45) is 3.33. The van der Waals surface area contributed by atoms with E-state index < -0.39 is 5.91 Å². The number of halogens is 1. The maximum Gasteiger partial charge on any atom is 0.277 e. The summed E-state index contributed by atoms with van der Waals surface area (Å²) in [5.74, 6) is 2.37. The van der Waals surface area contributed by atoms with Crippen LogP contribution < -0.4 is 20.1 Å². The lowest BCUT2D eigenvalue weighted by molar-refractivity contribution is 0.0357. The molecule has 0 spiro atoms. The normalized spacial score (nSPS) is 19.8. The predicted octanol–water partition coefficient (Wildman–Crippen LogP) is 1.26. The first-order valence-corrected chi connectivity index (χ1v) is 14.4. The number of fused-ring (bicyclic) bond motifs is 3. The van der Waals surface area contributed by atoms with Crippen LogP contribution in [0.25, 0.3) is 0 Å². The smallest absolute Gasteiger partial charge is 0.277 e. The summed E-state index contributed by atoms with van der Waals surface area (Å²) in [6.45, 7) is 7.61. The molecule has 42 heavy (non-hydrogen) atoms. The van der Waals surface area contributed by atoms with Crippen LogP contribution >= 0.6 is 11.8 Å². The van der Waals surface area contributed by atoms with Gasteiger partial charge in [0, 0.05) is 68.8 Å². The molecule has 4 N–H and O–H groups in total. The van der Waals surface area contributed by atoms with Crippen molar-refractivity contribution in [3.05, 3.63) is 41.6 Å². The van der Waals surface area contributed by atoms with Crippen molar-refractivity contribution in [2.45, 2.75) is 18.9 Å². The van der Waals surface area contributed by atoms with Crippen molar-refractivity contribution in [1.29, 1.82) is 0 Å². The number of aromatic nitrogens is 1. The van der Waals surface area contributed by atoms with Gasteiger partial charge in [-0.1, -0.05) is 0 Å². The number of morpholine rings is 1. The molecule has 1 aromatic heterocycles. The lowest BCUT2D eigenvalue weighted by Gasteiger charge is -2.31. The van der Waals surface area contributed by atoms with Gasteiger partial charge in [-0.15, -0.1) is 0 Å². The molecule has 2 aromatic rings. The van der Waals surface area contributed by atoms with Crippen molar-refractivity contribution in [3.8, 4) is 11.5 Å². The molecule has 0 unspecified atom stereocenters. The van der Waals surface area contributed by atoms with Crippen LogP contribution in [0.4, 0.5) is 11.5 Å². The lowest BCUT2D eigenvalue weighted by atomic mass is 10.1. The molecule has 1 aromatic carbocycles. The molecule has 14 heteroatoms. The average molecular weight is 601 g/mol. The van der Waals surface area contributed by atoms with Crippen LogP contribution in [-0.2, 0) is 4.74 Å². The number of methoxy groups -OCH3 is 1. The number of nitrogens with two attached hydrogens (primary N) is 1.